The number of nitrogens with one attached hydrogen (secondary N) is 1. The number of hydrogen-bond acceptors (Lipinski definition) is 2. The van der Waals surface area contributed by atoms with Crippen molar-refractivity contribution in [1.82, 2.24) is 5.32 Å². The maximum atomic E-state index is 11.9. The highest BCUT2D eigenvalue weighted by Gasteiger charge is 2.30. The number of rotatable bonds is 6. The molecule has 0 unspecified atom stereocenters. The normalized spacial score (nSPS) is 20.5. The van der Waals surface area contributed by atoms with Gasteiger partial charge in [-0.2, -0.15) is 13.2 Å². The van der Waals surface area contributed by atoms with Crippen molar-refractivity contribution >= 4 is 0 Å². The molecule has 1 aliphatic rings. The molecule has 0 radical (unpaired) electrons. The fourth-order valence-corrected chi connectivity index (χ4v) is 2.52. The minimum Gasteiger partial charge on any atom is -0.330 e. The molecule has 0 saturated heterocycles. The molecule has 0 aromatic carbocycles. The zero-order valence-electron chi connectivity index (χ0n) is 10.3. The molecule has 102 valence electrons. The molecule has 0 aromatic rings. The summed E-state index contributed by atoms with van der Waals surface area (Å²) in [7, 11) is 0. The first-order chi connectivity index (χ1) is 7.97. The van der Waals surface area contributed by atoms with Gasteiger partial charge >= 0.3 is 6.18 Å². The molecular weight excluding hydrogens is 229 g/mol. The summed E-state index contributed by atoms with van der Waals surface area (Å²) in [5.41, 5.74) is 5.94. The Morgan fingerprint density at radius 1 is 1.12 bits per heavy atom. The van der Waals surface area contributed by atoms with Crippen molar-refractivity contribution in [2.75, 3.05) is 19.6 Å². The Morgan fingerprint density at radius 3 is 2.29 bits per heavy atom. The summed E-state index contributed by atoms with van der Waals surface area (Å²) in [6.07, 6.45) is 1.29. The molecule has 0 bridgehead atoms. The number of halogens is 3. The summed E-state index contributed by atoms with van der Waals surface area (Å²) in [4.78, 5) is 0. The minimum absolute atomic E-state index is 0.135. The molecule has 2 nitrogen and oxygen atoms in total. The van der Waals surface area contributed by atoms with Crippen molar-refractivity contribution in [2.45, 2.75) is 51.1 Å². The molecule has 0 heterocycles. The van der Waals surface area contributed by atoms with E-state index >= 15 is 0 Å². The van der Waals surface area contributed by atoms with Crippen LogP contribution in [0.5, 0.6) is 0 Å². The van der Waals surface area contributed by atoms with Gasteiger partial charge in [0.25, 0.3) is 0 Å². The molecule has 17 heavy (non-hydrogen) atoms. The molecular formula is C12H23F3N2. The Kier molecular flexibility index (Phi) is 5.73. The summed E-state index contributed by atoms with van der Waals surface area (Å²) in [5, 5.41) is 3.14. The van der Waals surface area contributed by atoms with E-state index in [0.717, 1.165) is 19.4 Å². The summed E-state index contributed by atoms with van der Waals surface area (Å²) in [6, 6.07) is 0. The van der Waals surface area contributed by atoms with Gasteiger partial charge in [0.05, 0.1) is 0 Å². The average molecular weight is 252 g/mol. The van der Waals surface area contributed by atoms with Gasteiger partial charge in [-0.05, 0) is 37.8 Å². The van der Waals surface area contributed by atoms with Crippen molar-refractivity contribution in [1.29, 1.82) is 0 Å². The summed E-state index contributed by atoms with van der Waals surface area (Å²) >= 11 is 0. The molecule has 0 spiro atoms. The lowest BCUT2D eigenvalue weighted by molar-refractivity contribution is -0.135. The van der Waals surface area contributed by atoms with Crippen LogP contribution in [0.1, 0.15) is 44.9 Å². The zero-order valence-corrected chi connectivity index (χ0v) is 10.3. The highest BCUT2D eigenvalue weighted by atomic mass is 19.4. The van der Waals surface area contributed by atoms with E-state index in [4.69, 9.17) is 5.73 Å². The van der Waals surface area contributed by atoms with Crippen LogP contribution in [0.25, 0.3) is 0 Å². The van der Waals surface area contributed by atoms with Crippen LogP contribution in [0.4, 0.5) is 13.2 Å². The van der Waals surface area contributed by atoms with Crippen LogP contribution in [0.15, 0.2) is 0 Å². The largest absolute Gasteiger partial charge is 0.389 e. The first-order valence-corrected chi connectivity index (χ1v) is 6.45. The topological polar surface area (TPSA) is 38.0 Å². The zero-order chi connectivity index (χ0) is 12.8. The molecule has 1 fully saturated rings. The molecule has 5 heteroatoms. The Bertz CT molecular complexity index is 210. The maximum Gasteiger partial charge on any atom is 0.389 e. The first kappa shape index (κ1) is 14.8. The highest BCUT2D eigenvalue weighted by Crippen LogP contribution is 2.34. The van der Waals surface area contributed by atoms with Gasteiger partial charge in [-0.15, -0.1) is 0 Å². The highest BCUT2D eigenvalue weighted by molar-refractivity contribution is 4.85. The van der Waals surface area contributed by atoms with Gasteiger partial charge in [-0.3, -0.25) is 0 Å². The Morgan fingerprint density at radius 2 is 1.76 bits per heavy atom. The van der Waals surface area contributed by atoms with Crippen LogP contribution < -0.4 is 11.1 Å². The van der Waals surface area contributed by atoms with E-state index in [1.54, 1.807) is 0 Å². The third kappa shape index (κ3) is 5.73. The van der Waals surface area contributed by atoms with Gasteiger partial charge in [0, 0.05) is 13.0 Å². The van der Waals surface area contributed by atoms with Gasteiger partial charge in [0.1, 0.15) is 0 Å². The Balaban J connectivity index is 2.15. The summed E-state index contributed by atoms with van der Waals surface area (Å²) in [5.74, 6) is 0. The van der Waals surface area contributed by atoms with Crippen molar-refractivity contribution in [2.24, 2.45) is 11.1 Å². The molecule has 0 amide bonds. The fourth-order valence-electron chi connectivity index (χ4n) is 2.52. The lowest BCUT2D eigenvalue weighted by Crippen LogP contribution is -2.42. The van der Waals surface area contributed by atoms with E-state index in [1.165, 1.54) is 19.3 Å². The predicted octanol–water partition coefficient (Wildman–Crippen LogP) is 2.83. The van der Waals surface area contributed by atoms with Gasteiger partial charge < -0.3 is 11.1 Å². The molecule has 0 aromatic heterocycles. The average Bonchev–Trinajstić information content (AvgIpc) is 2.28. The maximum absolute atomic E-state index is 11.9. The van der Waals surface area contributed by atoms with E-state index in [-0.39, 0.29) is 11.8 Å². The van der Waals surface area contributed by atoms with Gasteiger partial charge in [-0.25, -0.2) is 0 Å². The number of nitrogens with two attached hydrogens (primary N) is 1. The van der Waals surface area contributed by atoms with E-state index in [2.05, 4.69) is 5.32 Å². The summed E-state index contributed by atoms with van der Waals surface area (Å²) in [6.45, 7) is 1.84. The molecule has 0 atom stereocenters. The monoisotopic (exact) mass is 252 g/mol. The molecule has 0 aliphatic heterocycles. The second kappa shape index (κ2) is 6.59. The standard InChI is InChI=1S/C12H23F3N2/c13-12(14,15)7-4-8-17-10-11(9-16)5-2-1-3-6-11/h17H,1-10,16H2. The predicted molar refractivity (Wildman–Crippen MR) is 62.7 cm³/mol. The molecule has 1 rings (SSSR count). The van der Waals surface area contributed by atoms with Crippen LogP contribution in [0.3, 0.4) is 0 Å². The van der Waals surface area contributed by atoms with E-state index < -0.39 is 12.6 Å². The second-order valence-corrected chi connectivity index (χ2v) is 5.16. The van der Waals surface area contributed by atoms with Gasteiger partial charge in [0.15, 0.2) is 0 Å². The van der Waals surface area contributed by atoms with E-state index in [9.17, 15) is 13.2 Å². The second-order valence-electron chi connectivity index (χ2n) is 5.16. The van der Waals surface area contributed by atoms with E-state index in [1.807, 2.05) is 0 Å². The Labute approximate surface area is 101 Å². The lowest BCUT2D eigenvalue weighted by Gasteiger charge is -2.36. The molecule has 1 aliphatic carbocycles. The lowest BCUT2D eigenvalue weighted by atomic mass is 9.74. The smallest absolute Gasteiger partial charge is 0.330 e. The first-order valence-electron chi connectivity index (χ1n) is 6.45. The third-order valence-corrected chi connectivity index (χ3v) is 3.66. The van der Waals surface area contributed by atoms with Gasteiger partial charge in [0.2, 0.25) is 0 Å². The third-order valence-electron chi connectivity index (χ3n) is 3.66. The van der Waals surface area contributed by atoms with Crippen LogP contribution in [0.2, 0.25) is 0 Å². The van der Waals surface area contributed by atoms with Crippen LogP contribution in [0, 0.1) is 5.41 Å². The van der Waals surface area contributed by atoms with Crippen molar-refractivity contribution in [3.8, 4) is 0 Å². The van der Waals surface area contributed by atoms with Crippen molar-refractivity contribution in [3.05, 3.63) is 0 Å². The van der Waals surface area contributed by atoms with Crippen LogP contribution in [-0.4, -0.2) is 25.8 Å². The van der Waals surface area contributed by atoms with Gasteiger partial charge in [-0.1, -0.05) is 19.3 Å². The van der Waals surface area contributed by atoms with E-state index in [0.29, 0.717) is 13.1 Å². The number of hydrogen-bond donors (Lipinski definition) is 2. The van der Waals surface area contributed by atoms with Crippen LogP contribution >= 0.6 is 0 Å². The molecule has 1 saturated carbocycles. The SMILES string of the molecule is NCC1(CNCCCC(F)(F)F)CCCCC1. The fraction of sp³-hybridized carbons (Fsp3) is 1.00. The molecule has 3 N–H and O–H groups in total. The van der Waals surface area contributed by atoms with Crippen molar-refractivity contribution < 1.29 is 13.2 Å². The Hall–Kier alpha value is -0.290. The van der Waals surface area contributed by atoms with Crippen molar-refractivity contribution in [3.63, 3.8) is 0 Å². The quantitative estimate of drug-likeness (QED) is 0.713. The minimum atomic E-state index is -4.03. The van der Waals surface area contributed by atoms with Crippen LogP contribution in [-0.2, 0) is 0 Å². The number of alkyl halides is 3. The summed E-state index contributed by atoms with van der Waals surface area (Å²) < 4.78 is 35.8.